The minimum atomic E-state index is -0.0461. The molecule has 1 amide bonds. The van der Waals surface area contributed by atoms with Crippen molar-refractivity contribution in [1.82, 2.24) is 16.0 Å². The van der Waals surface area contributed by atoms with Crippen molar-refractivity contribution in [3.8, 4) is 0 Å². The summed E-state index contributed by atoms with van der Waals surface area (Å²) in [7, 11) is 0. The predicted octanol–water partition coefficient (Wildman–Crippen LogP) is 2.49. The van der Waals surface area contributed by atoms with Crippen LogP contribution < -0.4 is 16.0 Å². The minimum absolute atomic E-state index is 0. The second-order valence-corrected chi connectivity index (χ2v) is 5.24. The molecule has 0 saturated heterocycles. The Kier molecular flexibility index (Phi) is 12.4. The van der Waals surface area contributed by atoms with Gasteiger partial charge in [0.1, 0.15) is 6.54 Å². The smallest absolute Gasteiger partial charge is 0.241 e. The molecule has 0 heterocycles. The van der Waals surface area contributed by atoms with Crippen LogP contribution in [0.1, 0.15) is 38.7 Å². The SMILES string of the molecule is CCCNC(=O)CN=C(NCC)NCC(C)c1ccccc1.I. The van der Waals surface area contributed by atoms with Gasteiger partial charge in [0.05, 0.1) is 0 Å². The minimum Gasteiger partial charge on any atom is -0.357 e. The van der Waals surface area contributed by atoms with E-state index in [1.165, 1.54) is 5.56 Å². The molecular weight excluding hydrogens is 403 g/mol. The first-order valence-electron chi connectivity index (χ1n) is 8.01. The Morgan fingerprint density at radius 2 is 1.83 bits per heavy atom. The molecule has 0 spiro atoms. The highest BCUT2D eigenvalue weighted by Gasteiger charge is 2.06. The normalized spacial score (nSPS) is 12.0. The number of guanidine groups is 1. The fraction of sp³-hybridized carbons (Fsp3) is 0.529. The number of nitrogens with zero attached hydrogens (tertiary/aromatic N) is 1. The van der Waals surface area contributed by atoms with Crippen molar-refractivity contribution in [3.05, 3.63) is 35.9 Å². The Morgan fingerprint density at radius 1 is 1.13 bits per heavy atom. The molecule has 0 aliphatic rings. The molecule has 0 aromatic heterocycles. The van der Waals surface area contributed by atoms with Gasteiger partial charge in [0.25, 0.3) is 0 Å². The predicted molar refractivity (Wildman–Crippen MR) is 108 cm³/mol. The van der Waals surface area contributed by atoms with Crippen LogP contribution in [0.25, 0.3) is 0 Å². The summed E-state index contributed by atoms with van der Waals surface area (Å²) in [4.78, 5) is 15.9. The van der Waals surface area contributed by atoms with Crippen LogP contribution in [0.3, 0.4) is 0 Å². The second-order valence-electron chi connectivity index (χ2n) is 5.24. The maximum atomic E-state index is 11.6. The summed E-state index contributed by atoms with van der Waals surface area (Å²) in [5.41, 5.74) is 1.28. The van der Waals surface area contributed by atoms with Crippen molar-refractivity contribution in [3.63, 3.8) is 0 Å². The summed E-state index contributed by atoms with van der Waals surface area (Å²) < 4.78 is 0. The molecule has 0 bridgehead atoms. The first-order valence-corrected chi connectivity index (χ1v) is 8.01. The fourth-order valence-electron chi connectivity index (χ4n) is 1.96. The van der Waals surface area contributed by atoms with Crippen LogP contribution in [0.15, 0.2) is 35.3 Å². The summed E-state index contributed by atoms with van der Waals surface area (Å²) in [5.74, 6) is 1.01. The molecule has 1 unspecified atom stereocenters. The Bertz CT molecular complexity index is 465. The Morgan fingerprint density at radius 3 is 2.43 bits per heavy atom. The highest BCUT2D eigenvalue weighted by Crippen LogP contribution is 2.12. The van der Waals surface area contributed by atoms with Gasteiger partial charge >= 0.3 is 0 Å². The lowest BCUT2D eigenvalue weighted by atomic mass is 10.0. The number of amides is 1. The zero-order valence-corrected chi connectivity index (χ0v) is 16.6. The lowest BCUT2D eigenvalue weighted by molar-refractivity contribution is -0.119. The number of halogens is 1. The largest absolute Gasteiger partial charge is 0.357 e. The Hall–Kier alpha value is -1.31. The number of hydrogen-bond acceptors (Lipinski definition) is 2. The molecule has 6 heteroatoms. The van der Waals surface area contributed by atoms with Gasteiger partial charge in [0.15, 0.2) is 5.96 Å². The van der Waals surface area contributed by atoms with Gasteiger partial charge in [-0.2, -0.15) is 0 Å². The molecule has 0 aliphatic carbocycles. The molecule has 1 atom stereocenters. The average molecular weight is 432 g/mol. The van der Waals surface area contributed by atoms with Gasteiger partial charge in [0, 0.05) is 19.6 Å². The monoisotopic (exact) mass is 432 g/mol. The number of carbonyl (C=O) groups is 1. The number of benzene rings is 1. The fourth-order valence-corrected chi connectivity index (χ4v) is 1.96. The van der Waals surface area contributed by atoms with E-state index in [-0.39, 0.29) is 36.4 Å². The molecule has 1 aromatic rings. The van der Waals surface area contributed by atoms with E-state index in [0.29, 0.717) is 18.4 Å². The summed E-state index contributed by atoms with van der Waals surface area (Å²) >= 11 is 0. The summed E-state index contributed by atoms with van der Waals surface area (Å²) in [5, 5.41) is 9.27. The van der Waals surface area contributed by atoms with E-state index < -0.39 is 0 Å². The van der Waals surface area contributed by atoms with Crippen LogP contribution in [0.5, 0.6) is 0 Å². The number of hydrogen-bond donors (Lipinski definition) is 3. The van der Waals surface area contributed by atoms with E-state index in [0.717, 1.165) is 19.5 Å². The maximum absolute atomic E-state index is 11.6. The molecule has 0 aliphatic heterocycles. The molecule has 3 N–H and O–H groups in total. The van der Waals surface area contributed by atoms with Crippen molar-refractivity contribution >= 4 is 35.8 Å². The zero-order chi connectivity index (χ0) is 16.2. The summed E-state index contributed by atoms with van der Waals surface area (Å²) in [6.45, 7) is 8.59. The molecule has 23 heavy (non-hydrogen) atoms. The van der Waals surface area contributed by atoms with E-state index >= 15 is 0 Å². The first kappa shape index (κ1) is 21.7. The average Bonchev–Trinajstić information content (AvgIpc) is 2.55. The van der Waals surface area contributed by atoms with Crippen molar-refractivity contribution in [1.29, 1.82) is 0 Å². The van der Waals surface area contributed by atoms with E-state index in [4.69, 9.17) is 0 Å². The number of nitrogens with one attached hydrogen (secondary N) is 3. The lowest BCUT2D eigenvalue weighted by Crippen LogP contribution is -2.40. The van der Waals surface area contributed by atoms with Crippen molar-refractivity contribution in [2.45, 2.75) is 33.1 Å². The quantitative estimate of drug-likeness (QED) is 0.336. The van der Waals surface area contributed by atoms with Crippen LogP contribution in [0, 0.1) is 0 Å². The summed E-state index contributed by atoms with van der Waals surface area (Å²) in [6.07, 6.45) is 0.933. The number of carbonyl (C=O) groups excluding carboxylic acids is 1. The van der Waals surface area contributed by atoms with Gasteiger partial charge in [0.2, 0.25) is 5.91 Å². The van der Waals surface area contributed by atoms with E-state index in [1.807, 2.05) is 32.0 Å². The third-order valence-electron chi connectivity index (χ3n) is 3.24. The van der Waals surface area contributed by atoms with Crippen LogP contribution in [0.4, 0.5) is 0 Å². The van der Waals surface area contributed by atoms with Crippen molar-refractivity contribution < 1.29 is 4.79 Å². The molecule has 1 aromatic carbocycles. The molecule has 5 nitrogen and oxygen atoms in total. The van der Waals surface area contributed by atoms with Gasteiger partial charge in [-0.05, 0) is 24.8 Å². The molecular formula is C17H29IN4O. The highest BCUT2D eigenvalue weighted by molar-refractivity contribution is 14.0. The van der Waals surface area contributed by atoms with Crippen LogP contribution in [-0.2, 0) is 4.79 Å². The Balaban J connectivity index is 0.00000484. The zero-order valence-electron chi connectivity index (χ0n) is 14.3. The highest BCUT2D eigenvalue weighted by atomic mass is 127. The third-order valence-corrected chi connectivity index (χ3v) is 3.24. The number of aliphatic imine (C=N–C) groups is 1. The van der Waals surface area contributed by atoms with Crippen molar-refractivity contribution in [2.24, 2.45) is 4.99 Å². The Labute approximate surface area is 156 Å². The van der Waals surface area contributed by atoms with Gasteiger partial charge < -0.3 is 16.0 Å². The first-order chi connectivity index (χ1) is 10.7. The van der Waals surface area contributed by atoms with Gasteiger partial charge in [-0.15, -0.1) is 24.0 Å². The second kappa shape index (κ2) is 13.2. The van der Waals surface area contributed by atoms with Crippen LogP contribution >= 0.6 is 24.0 Å². The third kappa shape index (κ3) is 9.43. The van der Waals surface area contributed by atoms with Crippen LogP contribution in [0.2, 0.25) is 0 Å². The van der Waals surface area contributed by atoms with Gasteiger partial charge in [-0.3, -0.25) is 4.79 Å². The molecule has 0 fully saturated rings. The lowest BCUT2D eigenvalue weighted by Gasteiger charge is -2.16. The van der Waals surface area contributed by atoms with Crippen molar-refractivity contribution in [2.75, 3.05) is 26.2 Å². The molecule has 130 valence electrons. The topological polar surface area (TPSA) is 65.5 Å². The molecule has 0 radical (unpaired) electrons. The van der Waals surface area contributed by atoms with Gasteiger partial charge in [-0.25, -0.2) is 4.99 Å². The standard InChI is InChI=1S/C17H28N4O.HI/c1-4-11-19-16(22)13-21-17(18-5-2)20-12-14(3)15-9-7-6-8-10-15;/h6-10,14H,4-5,11-13H2,1-3H3,(H,19,22)(H2,18,20,21);1H. The van der Waals surface area contributed by atoms with Gasteiger partial charge in [-0.1, -0.05) is 44.2 Å². The molecule has 1 rings (SSSR count). The summed E-state index contributed by atoms with van der Waals surface area (Å²) in [6, 6.07) is 10.3. The maximum Gasteiger partial charge on any atom is 0.241 e. The number of rotatable bonds is 8. The van der Waals surface area contributed by atoms with E-state index in [2.05, 4.69) is 40.0 Å². The van der Waals surface area contributed by atoms with Crippen LogP contribution in [-0.4, -0.2) is 38.0 Å². The molecule has 0 saturated carbocycles. The van der Waals surface area contributed by atoms with E-state index in [1.54, 1.807) is 0 Å². The van der Waals surface area contributed by atoms with E-state index in [9.17, 15) is 4.79 Å².